The molecule has 22 heavy (non-hydrogen) atoms. The van der Waals surface area contributed by atoms with E-state index in [2.05, 4.69) is 69.1 Å². The van der Waals surface area contributed by atoms with Crippen LogP contribution in [0.3, 0.4) is 0 Å². The summed E-state index contributed by atoms with van der Waals surface area (Å²) in [5.74, 6) is 0. The highest BCUT2D eigenvalue weighted by Gasteiger charge is 2.02. The van der Waals surface area contributed by atoms with Gasteiger partial charge in [0.15, 0.2) is 0 Å². The van der Waals surface area contributed by atoms with Crippen molar-refractivity contribution in [2.75, 3.05) is 0 Å². The average Bonchev–Trinajstić information content (AvgIpc) is 3.20. The lowest BCUT2D eigenvalue weighted by Gasteiger charge is -2.03. The van der Waals surface area contributed by atoms with Crippen LogP contribution in [-0.2, 0) is 13.1 Å². The molecule has 0 spiro atoms. The predicted molar refractivity (Wildman–Crippen MR) is 89.6 cm³/mol. The van der Waals surface area contributed by atoms with Crippen LogP contribution in [0.5, 0.6) is 0 Å². The molecule has 0 unspecified atom stereocenters. The normalized spacial score (nSPS) is 11.1. The van der Waals surface area contributed by atoms with E-state index in [0.717, 1.165) is 24.3 Å². The maximum atomic E-state index is 4.50. The second kappa shape index (κ2) is 5.53. The number of hydrogen-bond acceptors (Lipinski definition) is 1. The van der Waals surface area contributed by atoms with E-state index in [9.17, 15) is 0 Å². The summed E-state index contributed by atoms with van der Waals surface area (Å²) >= 11 is 0. The molecular formula is C19H17N3. The number of imidazole rings is 1. The fourth-order valence-electron chi connectivity index (χ4n) is 2.74. The first kappa shape index (κ1) is 12.9. The summed E-state index contributed by atoms with van der Waals surface area (Å²) in [5, 5.41) is 2.58. The van der Waals surface area contributed by atoms with Gasteiger partial charge in [0.05, 0.1) is 12.0 Å². The van der Waals surface area contributed by atoms with E-state index in [-0.39, 0.29) is 0 Å². The first-order valence-electron chi connectivity index (χ1n) is 7.50. The molecule has 0 aliphatic heterocycles. The molecule has 3 nitrogen and oxygen atoms in total. The Morgan fingerprint density at radius 2 is 1.32 bits per heavy atom. The topological polar surface area (TPSA) is 22.8 Å². The van der Waals surface area contributed by atoms with E-state index in [1.165, 1.54) is 10.8 Å². The Kier molecular flexibility index (Phi) is 3.24. The first-order valence-corrected chi connectivity index (χ1v) is 7.50. The SMILES string of the molecule is c1ccc(-c2cn(CCn3cc4ccccc4c3)cn2)cc1. The van der Waals surface area contributed by atoms with Gasteiger partial charge in [0.2, 0.25) is 0 Å². The third kappa shape index (κ3) is 2.53. The van der Waals surface area contributed by atoms with Crippen molar-refractivity contribution in [1.29, 1.82) is 0 Å². The monoisotopic (exact) mass is 287 g/mol. The molecule has 3 heteroatoms. The third-order valence-corrected chi connectivity index (χ3v) is 3.93. The molecule has 0 saturated carbocycles. The summed E-state index contributed by atoms with van der Waals surface area (Å²) in [6, 6.07) is 18.7. The number of fused-ring (bicyclic) bond motifs is 1. The number of benzene rings is 2. The Morgan fingerprint density at radius 1 is 0.682 bits per heavy atom. The third-order valence-electron chi connectivity index (χ3n) is 3.93. The number of aryl methyl sites for hydroxylation is 2. The van der Waals surface area contributed by atoms with Crippen LogP contribution in [0.4, 0.5) is 0 Å². The van der Waals surface area contributed by atoms with Crippen LogP contribution in [0.25, 0.3) is 22.0 Å². The van der Waals surface area contributed by atoms with Gasteiger partial charge in [-0.1, -0.05) is 54.6 Å². The van der Waals surface area contributed by atoms with Crippen LogP contribution >= 0.6 is 0 Å². The van der Waals surface area contributed by atoms with Gasteiger partial charge in [-0.15, -0.1) is 0 Å². The minimum atomic E-state index is 0.917. The minimum Gasteiger partial charge on any atom is -0.351 e. The molecule has 0 aliphatic carbocycles. The summed E-state index contributed by atoms with van der Waals surface area (Å²) in [4.78, 5) is 4.50. The van der Waals surface area contributed by atoms with Crippen LogP contribution in [0.2, 0.25) is 0 Å². The van der Waals surface area contributed by atoms with Gasteiger partial charge in [-0.2, -0.15) is 0 Å². The van der Waals surface area contributed by atoms with Crippen molar-refractivity contribution < 1.29 is 0 Å². The molecule has 0 aliphatic rings. The van der Waals surface area contributed by atoms with Crippen LogP contribution in [0.15, 0.2) is 79.5 Å². The van der Waals surface area contributed by atoms with Gasteiger partial charge < -0.3 is 9.13 Å². The first-order chi connectivity index (χ1) is 10.9. The second-order valence-electron chi connectivity index (χ2n) is 5.49. The number of aromatic nitrogens is 3. The largest absolute Gasteiger partial charge is 0.351 e. The molecule has 2 aromatic carbocycles. The van der Waals surface area contributed by atoms with Crippen molar-refractivity contribution in [3.05, 3.63) is 79.5 Å². The van der Waals surface area contributed by atoms with Gasteiger partial charge in [-0.3, -0.25) is 0 Å². The molecule has 2 aromatic heterocycles. The van der Waals surface area contributed by atoms with E-state index in [1.54, 1.807) is 0 Å². The standard InChI is InChI=1S/C19H17N3/c1-2-6-16(7-3-1)19-14-22(15-20-19)11-10-21-12-17-8-4-5-9-18(17)13-21/h1-9,12-15H,10-11H2. The fourth-order valence-corrected chi connectivity index (χ4v) is 2.74. The van der Waals surface area contributed by atoms with E-state index < -0.39 is 0 Å². The van der Waals surface area contributed by atoms with E-state index in [0.29, 0.717) is 0 Å². The number of rotatable bonds is 4. The van der Waals surface area contributed by atoms with Crippen LogP contribution in [0.1, 0.15) is 0 Å². The number of nitrogens with zero attached hydrogens (tertiary/aromatic N) is 3. The molecule has 0 atom stereocenters. The molecule has 0 saturated heterocycles. The summed E-state index contributed by atoms with van der Waals surface area (Å²) in [6.07, 6.45) is 8.42. The molecule has 0 radical (unpaired) electrons. The highest BCUT2D eigenvalue weighted by Crippen LogP contribution is 2.17. The van der Waals surface area contributed by atoms with Crippen molar-refractivity contribution in [3.8, 4) is 11.3 Å². The Hall–Kier alpha value is -2.81. The maximum absolute atomic E-state index is 4.50. The van der Waals surface area contributed by atoms with Crippen molar-refractivity contribution in [2.24, 2.45) is 0 Å². The van der Waals surface area contributed by atoms with Crippen molar-refractivity contribution in [1.82, 2.24) is 14.1 Å². The van der Waals surface area contributed by atoms with Crippen molar-refractivity contribution in [2.45, 2.75) is 13.1 Å². The zero-order valence-corrected chi connectivity index (χ0v) is 12.3. The lowest BCUT2D eigenvalue weighted by molar-refractivity contribution is 0.582. The summed E-state index contributed by atoms with van der Waals surface area (Å²) in [7, 11) is 0. The van der Waals surface area contributed by atoms with Gasteiger partial charge in [0.25, 0.3) is 0 Å². The van der Waals surface area contributed by atoms with Gasteiger partial charge in [0.1, 0.15) is 0 Å². The average molecular weight is 287 g/mol. The van der Waals surface area contributed by atoms with Gasteiger partial charge in [0, 0.05) is 37.2 Å². The van der Waals surface area contributed by atoms with Gasteiger partial charge in [-0.25, -0.2) is 4.98 Å². The predicted octanol–water partition coefficient (Wildman–Crippen LogP) is 4.21. The summed E-state index contributed by atoms with van der Waals surface area (Å²) in [6.45, 7) is 1.86. The minimum absolute atomic E-state index is 0.917. The molecule has 4 aromatic rings. The van der Waals surface area contributed by atoms with E-state index >= 15 is 0 Å². The molecule has 0 bridgehead atoms. The molecule has 0 N–H and O–H groups in total. The fraction of sp³-hybridized carbons (Fsp3) is 0.105. The van der Waals surface area contributed by atoms with Crippen molar-refractivity contribution >= 4 is 10.8 Å². The molecule has 2 heterocycles. The van der Waals surface area contributed by atoms with Crippen LogP contribution in [-0.4, -0.2) is 14.1 Å². The smallest absolute Gasteiger partial charge is 0.0954 e. The molecule has 0 fully saturated rings. The molecule has 108 valence electrons. The quantitative estimate of drug-likeness (QED) is 0.551. The Bertz CT molecular complexity index is 854. The lowest BCUT2D eigenvalue weighted by atomic mass is 10.2. The molecular weight excluding hydrogens is 270 g/mol. The Morgan fingerprint density at radius 3 is 2.05 bits per heavy atom. The lowest BCUT2D eigenvalue weighted by Crippen LogP contribution is -2.03. The van der Waals surface area contributed by atoms with E-state index in [1.807, 2.05) is 24.5 Å². The van der Waals surface area contributed by atoms with Crippen molar-refractivity contribution in [3.63, 3.8) is 0 Å². The Labute approximate surface area is 129 Å². The number of hydrogen-bond donors (Lipinski definition) is 0. The van der Waals surface area contributed by atoms with Crippen LogP contribution < -0.4 is 0 Å². The Balaban J connectivity index is 1.49. The molecule has 0 amide bonds. The maximum Gasteiger partial charge on any atom is 0.0954 e. The van der Waals surface area contributed by atoms with Crippen LogP contribution in [0, 0.1) is 0 Å². The molecule has 4 rings (SSSR count). The van der Waals surface area contributed by atoms with Gasteiger partial charge >= 0.3 is 0 Å². The zero-order chi connectivity index (χ0) is 14.8. The van der Waals surface area contributed by atoms with Gasteiger partial charge in [-0.05, 0) is 10.8 Å². The highest BCUT2D eigenvalue weighted by molar-refractivity contribution is 5.82. The summed E-state index contributed by atoms with van der Waals surface area (Å²) in [5.41, 5.74) is 2.19. The highest BCUT2D eigenvalue weighted by atomic mass is 15.1. The van der Waals surface area contributed by atoms with E-state index in [4.69, 9.17) is 0 Å². The summed E-state index contributed by atoms with van der Waals surface area (Å²) < 4.78 is 4.39. The zero-order valence-electron chi connectivity index (χ0n) is 12.3. The second-order valence-corrected chi connectivity index (χ2v) is 5.49.